The number of hydrogen-bond donors (Lipinski definition) is 1. The van der Waals surface area contributed by atoms with Crippen molar-refractivity contribution in [3.63, 3.8) is 0 Å². The van der Waals surface area contributed by atoms with Crippen molar-refractivity contribution >= 4 is 0 Å². The SMILES string of the molecule is CC(C)NCc1cncc(-c2ccc(F)cc2F)c1. The van der Waals surface area contributed by atoms with Gasteiger partial charge in [0.05, 0.1) is 0 Å². The molecule has 0 saturated carbocycles. The largest absolute Gasteiger partial charge is 0.310 e. The standard InChI is InChI=1S/C15H16F2N2/c1-10(2)19-8-11-5-12(9-18-7-11)14-4-3-13(16)6-15(14)17/h3-7,9-10,19H,8H2,1-2H3. The molecule has 2 rings (SSSR count). The lowest BCUT2D eigenvalue weighted by Gasteiger charge is -2.09. The number of rotatable bonds is 4. The van der Waals surface area contributed by atoms with Crippen LogP contribution in [0.4, 0.5) is 8.78 Å². The van der Waals surface area contributed by atoms with Gasteiger partial charge in [-0.3, -0.25) is 4.98 Å². The van der Waals surface area contributed by atoms with E-state index in [4.69, 9.17) is 0 Å². The number of halogens is 2. The molecule has 1 N–H and O–H groups in total. The first-order valence-electron chi connectivity index (χ1n) is 6.19. The van der Waals surface area contributed by atoms with Crippen LogP contribution in [-0.4, -0.2) is 11.0 Å². The van der Waals surface area contributed by atoms with E-state index in [-0.39, 0.29) is 0 Å². The van der Waals surface area contributed by atoms with E-state index in [1.807, 2.05) is 6.07 Å². The third-order valence-electron chi connectivity index (χ3n) is 2.75. The second-order valence-electron chi connectivity index (χ2n) is 4.74. The van der Waals surface area contributed by atoms with Crippen molar-refractivity contribution in [2.45, 2.75) is 26.4 Å². The third-order valence-corrected chi connectivity index (χ3v) is 2.75. The Morgan fingerprint density at radius 1 is 1.16 bits per heavy atom. The van der Waals surface area contributed by atoms with Crippen molar-refractivity contribution in [2.24, 2.45) is 0 Å². The fraction of sp³-hybridized carbons (Fsp3) is 0.267. The Labute approximate surface area is 111 Å². The summed E-state index contributed by atoms with van der Waals surface area (Å²) in [5.74, 6) is -1.15. The van der Waals surface area contributed by atoms with E-state index in [2.05, 4.69) is 24.1 Å². The van der Waals surface area contributed by atoms with Gasteiger partial charge in [-0.1, -0.05) is 13.8 Å². The van der Waals surface area contributed by atoms with E-state index in [1.54, 1.807) is 12.4 Å². The molecule has 0 unspecified atom stereocenters. The molecule has 100 valence electrons. The van der Waals surface area contributed by atoms with Crippen molar-refractivity contribution < 1.29 is 8.78 Å². The summed E-state index contributed by atoms with van der Waals surface area (Å²) in [6, 6.07) is 5.79. The maximum atomic E-state index is 13.7. The number of aromatic nitrogens is 1. The zero-order valence-corrected chi connectivity index (χ0v) is 11.0. The highest BCUT2D eigenvalue weighted by Gasteiger charge is 2.07. The fourth-order valence-electron chi connectivity index (χ4n) is 1.78. The minimum Gasteiger partial charge on any atom is -0.310 e. The Balaban J connectivity index is 2.27. The molecule has 1 aromatic carbocycles. The summed E-state index contributed by atoms with van der Waals surface area (Å²) in [5.41, 5.74) is 1.98. The molecule has 0 saturated heterocycles. The van der Waals surface area contributed by atoms with Gasteiger partial charge in [-0.05, 0) is 23.8 Å². The van der Waals surface area contributed by atoms with Crippen molar-refractivity contribution in [1.29, 1.82) is 0 Å². The summed E-state index contributed by atoms with van der Waals surface area (Å²) in [4.78, 5) is 4.10. The molecule has 0 aliphatic rings. The quantitative estimate of drug-likeness (QED) is 0.911. The topological polar surface area (TPSA) is 24.9 Å². The van der Waals surface area contributed by atoms with E-state index in [0.29, 0.717) is 23.7 Å². The van der Waals surface area contributed by atoms with Crippen LogP contribution in [0.15, 0.2) is 36.7 Å². The number of nitrogens with one attached hydrogen (secondary N) is 1. The van der Waals surface area contributed by atoms with Crippen LogP contribution in [0.25, 0.3) is 11.1 Å². The first kappa shape index (κ1) is 13.6. The van der Waals surface area contributed by atoms with Gasteiger partial charge in [0.25, 0.3) is 0 Å². The maximum Gasteiger partial charge on any atom is 0.133 e. The second kappa shape index (κ2) is 5.89. The predicted octanol–water partition coefficient (Wildman–Crippen LogP) is 3.52. The fourth-order valence-corrected chi connectivity index (χ4v) is 1.78. The average molecular weight is 262 g/mol. The van der Waals surface area contributed by atoms with Gasteiger partial charge >= 0.3 is 0 Å². The predicted molar refractivity (Wildman–Crippen MR) is 71.6 cm³/mol. The van der Waals surface area contributed by atoms with Gasteiger partial charge in [0.15, 0.2) is 0 Å². The number of benzene rings is 1. The molecule has 19 heavy (non-hydrogen) atoms. The molecular weight excluding hydrogens is 246 g/mol. The zero-order chi connectivity index (χ0) is 13.8. The summed E-state index contributed by atoms with van der Waals surface area (Å²) in [6.07, 6.45) is 3.31. The van der Waals surface area contributed by atoms with Crippen LogP contribution in [0.1, 0.15) is 19.4 Å². The summed E-state index contributed by atoms with van der Waals surface area (Å²) in [5, 5.41) is 3.27. The van der Waals surface area contributed by atoms with Crippen molar-refractivity contribution in [3.8, 4) is 11.1 Å². The molecule has 0 atom stereocenters. The summed E-state index contributed by atoms with van der Waals surface area (Å²) < 4.78 is 26.6. The molecule has 0 radical (unpaired) electrons. The molecule has 0 bridgehead atoms. The van der Waals surface area contributed by atoms with Crippen molar-refractivity contribution in [3.05, 3.63) is 53.9 Å². The Hall–Kier alpha value is -1.81. The van der Waals surface area contributed by atoms with E-state index >= 15 is 0 Å². The normalized spacial score (nSPS) is 11.0. The molecule has 1 aromatic heterocycles. The van der Waals surface area contributed by atoms with E-state index in [1.165, 1.54) is 12.1 Å². The Morgan fingerprint density at radius 3 is 2.63 bits per heavy atom. The van der Waals surface area contributed by atoms with E-state index in [0.717, 1.165) is 11.6 Å². The molecule has 0 amide bonds. The summed E-state index contributed by atoms with van der Waals surface area (Å²) in [7, 11) is 0. The van der Waals surface area contributed by atoms with Gasteiger partial charge in [-0.15, -0.1) is 0 Å². The molecule has 2 aromatic rings. The molecule has 0 aliphatic heterocycles. The molecule has 0 fully saturated rings. The van der Waals surface area contributed by atoms with Gasteiger partial charge in [0.1, 0.15) is 11.6 Å². The highest BCUT2D eigenvalue weighted by molar-refractivity contribution is 5.63. The third kappa shape index (κ3) is 3.58. The highest BCUT2D eigenvalue weighted by Crippen LogP contribution is 2.23. The molecule has 1 heterocycles. The smallest absolute Gasteiger partial charge is 0.133 e. The lowest BCUT2D eigenvalue weighted by Crippen LogP contribution is -2.21. The van der Waals surface area contributed by atoms with Gasteiger partial charge in [-0.2, -0.15) is 0 Å². The van der Waals surface area contributed by atoms with Crippen LogP contribution in [0.2, 0.25) is 0 Å². The van der Waals surface area contributed by atoms with Gasteiger partial charge < -0.3 is 5.32 Å². The molecular formula is C15H16F2N2. The summed E-state index contributed by atoms with van der Waals surface area (Å²) in [6.45, 7) is 4.77. The minimum atomic E-state index is -0.577. The lowest BCUT2D eigenvalue weighted by atomic mass is 10.1. The van der Waals surface area contributed by atoms with Crippen LogP contribution < -0.4 is 5.32 Å². The maximum absolute atomic E-state index is 13.7. The Bertz CT molecular complexity index is 568. The molecule has 0 aliphatic carbocycles. The van der Waals surface area contributed by atoms with Crippen LogP contribution in [0, 0.1) is 11.6 Å². The van der Waals surface area contributed by atoms with Crippen LogP contribution in [0.5, 0.6) is 0 Å². The van der Waals surface area contributed by atoms with Crippen molar-refractivity contribution in [1.82, 2.24) is 10.3 Å². The van der Waals surface area contributed by atoms with Gasteiger partial charge in [0.2, 0.25) is 0 Å². The Morgan fingerprint density at radius 2 is 1.95 bits per heavy atom. The van der Waals surface area contributed by atoms with Gasteiger partial charge in [0, 0.05) is 42.2 Å². The molecule has 0 spiro atoms. The minimum absolute atomic E-state index is 0.361. The lowest BCUT2D eigenvalue weighted by molar-refractivity contribution is 0.584. The number of pyridine rings is 1. The van der Waals surface area contributed by atoms with E-state index in [9.17, 15) is 8.78 Å². The van der Waals surface area contributed by atoms with Crippen LogP contribution in [-0.2, 0) is 6.54 Å². The number of nitrogens with zero attached hydrogens (tertiary/aromatic N) is 1. The monoisotopic (exact) mass is 262 g/mol. The first-order valence-corrected chi connectivity index (χ1v) is 6.19. The van der Waals surface area contributed by atoms with Gasteiger partial charge in [-0.25, -0.2) is 8.78 Å². The zero-order valence-electron chi connectivity index (χ0n) is 11.0. The van der Waals surface area contributed by atoms with Crippen molar-refractivity contribution in [2.75, 3.05) is 0 Å². The first-order chi connectivity index (χ1) is 9.06. The highest BCUT2D eigenvalue weighted by atomic mass is 19.1. The number of hydrogen-bond acceptors (Lipinski definition) is 2. The Kier molecular flexibility index (Phi) is 4.22. The van der Waals surface area contributed by atoms with Crippen LogP contribution >= 0.6 is 0 Å². The average Bonchev–Trinajstić information content (AvgIpc) is 2.36. The molecule has 4 heteroatoms. The van der Waals surface area contributed by atoms with E-state index < -0.39 is 11.6 Å². The summed E-state index contributed by atoms with van der Waals surface area (Å²) >= 11 is 0. The second-order valence-corrected chi connectivity index (χ2v) is 4.74. The van der Waals surface area contributed by atoms with Crippen LogP contribution in [0.3, 0.4) is 0 Å². The molecule has 2 nitrogen and oxygen atoms in total.